The molecule has 6 nitrogen and oxygen atoms in total. The Labute approximate surface area is 148 Å². The van der Waals surface area contributed by atoms with Crippen LogP contribution in [0.5, 0.6) is 0 Å². The van der Waals surface area contributed by atoms with E-state index in [9.17, 15) is 4.79 Å². The molecule has 4 rings (SSSR count). The van der Waals surface area contributed by atoms with Gasteiger partial charge in [0, 0.05) is 30.0 Å². The molecule has 0 unspecified atom stereocenters. The minimum Gasteiger partial charge on any atom is -0.299 e. The summed E-state index contributed by atoms with van der Waals surface area (Å²) >= 11 is 0. The van der Waals surface area contributed by atoms with E-state index in [1.807, 2.05) is 13.8 Å². The van der Waals surface area contributed by atoms with Gasteiger partial charge in [-0.2, -0.15) is 5.10 Å². The van der Waals surface area contributed by atoms with E-state index >= 15 is 0 Å². The van der Waals surface area contributed by atoms with Crippen molar-refractivity contribution in [3.63, 3.8) is 0 Å². The lowest BCUT2D eigenvalue weighted by Gasteiger charge is -2.31. The predicted molar refractivity (Wildman–Crippen MR) is 96.6 cm³/mol. The third-order valence-corrected chi connectivity index (χ3v) is 5.94. The van der Waals surface area contributed by atoms with Gasteiger partial charge in [-0.25, -0.2) is 4.98 Å². The van der Waals surface area contributed by atoms with E-state index in [-0.39, 0.29) is 5.56 Å². The molecule has 2 aromatic rings. The van der Waals surface area contributed by atoms with Crippen LogP contribution in [0, 0.1) is 19.8 Å². The van der Waals surface area contributed by atoms with Gasteiger partial charge in [0.25, 0.3) is 5.56 Å². The minimum atomic E-state index is 0.113. The summed E-state index contributed by atoms with van der Waals surface area (Å²) in [5.74, 6) is 0.558. The third-order valence-electron chi connectivity index (χ3n) is 5.94. The number of piperidine rings is 1. The van der Waals surface area contributed by atoms with Gasteiger partial charge in [0.15, 0.2) is 0 Å². The summed E-state index contributed by atoms with van der Waals surface area (Å²) in [6.45, 7) is 7.68. The van der Waals surface area contributed by atoms with Gasteiger partial charge in [0.2, 0.25) is 0 Å². The minimum absolute atomic E-state index is 0.113. The second-order valence-electron chi connectivity index (χ2n) is 7.61. The molecule has 3 heterocycles. The molecule has 0 spiro atoms. The average molecular weight is 341 g/mol. The van der Waals surface area contributed by atoms with Crippen LogP contribution in [0.2, 0.25) is 0 Å². The number of aromatic amines is 1. The van der Waals surface area contributed by atoms with Gasteiger partial charge < -0.3 is 0 Å². The lowest BCUT2D eigenvalue weighted by molar-refractivity contribution is 0.164. The van der Waals surface area contributed by atoms with Gasteiger partial charge in [0.1, 0.15) is 0 Å². The highest BCUT2D eigenvalue weighted by molar-refractivity contribution is 5.29. The number of rotatable bonds is 4. The number of nitrogens with zero attached hydrogens (tertiary/aromatic N) is 4. The van der Waals surface area contributed by atoms with E-state index in [1.54, 1.807) is 10.9 Å². The summed E-state index contributed by atoms with van der Waals surface area (Å²) in [5, 5.41) is 7.74. The van der Waals surface area contributed by atoms with Gasteiger partial charge in [-0.1, -0.05) is 0 Å². The molecule has 1 aliphatic heterocycles. The zero-order chi connectivity index (χ0) is 17.4. The van der Waals surface area contributed by atoms with Crippen LogP contribution in [0.15, 0.2) is 11.1 Å². The molecule has 25 heavy (non-hydrogen) atoms. The number of H-pyrrole nitrogens is 1. The number of fused-ring (bicyclic) bond motifs is 1. The first-order valence-corrected chi connectivity index (χ1v) is 9.42. The largest absolute Gasteiger partial charge is 0.299 e. The van der Waals surface area contributed by atoms with Crippen molar-refractivity contribution in [1.29, 1.82) is 0 Å². The summed E-state index contributed by atoms with van der Waals surface area (Å²) in [6, 6.07) is 0. The SMILES string of the molecule is Cc1ncn(CC2CCN(Cc3n[nH]c4c3CCC4)CC2)c(=O)c1C. The van der Waals surface area contributed by atoms with Crippen molar-refractivity contribution >= 4 is 0 Å². The van der Waals surface area contributed by atoms with Crippen LogP contribution in [0.3, 0.4) is 0 Å². The molecule has 6 heteroatoms. The van der Waals surface area contributed by atoms with Crippen LogP contribution in [0.1, 0.15) is 47.5 Å². The van der Waals surface area contributed by atoms with Crippen molar-refractivity contribution in [3.8, 4) is 0 Å². The quantitative estimate of drug-likeness (QED) is 0.923. The number of likely N-dealkylation sites (tertiary alicyclic amines) is 1. The summed E-state index contributed by atoms with van der Waals surface area (Å²) in [5.41, 5.74) is 5.79. The van der Waals surface area contributed by atoms with Gasteiger partial charge in [-0.3, -0.25) is 19.4 Å². The normalized spacial score (nSPS) is 18.6. The fourth-order valence-electron chi connectivity index (χ4n) is 4.14. The maximum absolute atomic E-state index is 12.3. The van der Waals surface area contributed by atoms with Crippen molar-refractivity contribution in [2.45, 2.75) is 59.0 Å². The number of hydrogen-bond donors (Lipinski definition) is 1. The van der Waals surface area contributed by atoms with Crippen molar-refractivity contribution in [3.05, 3.63) is 44.9 Å². The molecule has 1 N–H and O–H groups in total. The highest BCUT2D eigenvalue weighted by Crippen LogP contribution is 2.25. The Morgan fingerprint density at radius 1 is 1.24 bits per heavy atom. The fourth-order valence-corrected chi connectivity index (χ4v) is 4.14. The van der Waals surface area contributed by atoms with Gasteiger partial charge >= 0.3 is 0 Å². The molecule has 2 aliphatic rings. The first-order chi connectivity index (χ1) is 12.1. The van der Waals surface area contributed by atoms with Crippen LogP contribution in [0.25, 0.3) is 0 Å². The molecule has 1 saturated heterocycles. The Kier molecular flexibility index (Phi) is 4.46. The van der Waals surface area contributed by atoms with E-state index in [2.05, 4.69) is 20.1 Å². The maximum Gasteiger partial charge on any atom is 0.256 e. The molecule has 1 fully saturated rings. The topological polar surface area (TPSA) is 66.8 Å². The van der Waals surface area contributed by atoms with Crippen molar-refractivity contribution in [1.82, 2.24) is 24.6 Å². The van der Waals surface area contributed by atoms with E-state index in [1.165, 1.54) is 29.8 Å². The first-order valence-electron chi connectivity index (χ1n) is 9.42. The Morgan fingerprint density at radius 2 is 2.04 bits per heavy atom. The molecule has 2 aromatic heterocycles. The molecule has 0 amide bonds. The van der Waals surface area contributed by atoms with E-state index in [0.717, 1.165) is 56.7 Å². The van der Waals surface area contributed by atoms with Gasteiger partial charge in [-0.05, 0) is 70.5 Å². The Bertz CT molecular complexity index is 814. The molecule has 0 radical (unpaired) electrons. The summed E-state index contributed by atoms with van der Waals surface area (Å²) in [4.78, 5) is 19.2. The number of nitrogens with one attached hydrogen (secondary N) is 1. The molecular formula is C19H27N5O. The van der Waals surface area contributed by atoms with Crippen molar-refractivity contribution < 1.29 is 0 Å². The molecule has 0 aromatic carbocycles. The molecule has 134 valence electrons. The molecule has 0 saturated carbocycles. The summed E-state index contributed by atoms with van der Waals surface area (Å²) < 4.78 is 1.79. The van der Waals surface area contributed by atoms with E-state index < -0.39 is 0 Å². The number of hydrogen-bond acceptors (Lipinski definition) is 4. The lowest BCUT2D eigenvalue weighted by Crippen LogP contribution is -2.36. The highest BCUT2D eigenvalue weighted by atomic mass is 16.1. The standard InChI is InChI=1S/C19H27N5O/c1-13-14(2)20-12-24(19(13)25)10-15-6-8-23(9-7-15)11-18-16-4-3-5-17(16)21-22-18/h12,15H,3-11H2,1-2H3,(H,21,22). The van der Waals surface area contributed by atoms with Gasteiger partial charge in [-0.15, -0.1) is 0 Å². The van der Waals surface area contributed by atoms with Crippen LogP contribution < -0.4 is 5.56 Å². The lowest BCUT2D eigenvalue weighted by atomic mass is 9.96. The molecule has 0 atom stereocenters. The second kappa shape index (κ2) is 6.75. The van der Waals surface area contributed by atoms with E-state index in [4.69, 9.17) is 0 Å². The fraction of sp³-hybridized carbons (Fsp3) is 0.632. The highest BCUT2D eigenvalue weighted by Gasteiger charge is 2.24. The van der Waals surface area contributed by atoms with Crippen molar-refractivity contribution in [2.24, 2.45) is 5.92 Å². The molecule has 1 aliphatic carbocycles. The van der Waals surface area contributed by atoms with Crippen LogP contribution in [0.4, 0.5) is 0 Å². The van der Waals surface area contributed by atoms with E-state index in [0.29, 0.717) is 5.92 Å². The van der Waals surface area contributed by atoms with Crippen LogP contribution in [-0.2, 0) is 25.9 Å². The zero-order valence-electron chi connectivity index (χ0n) is 15.2. The first kappa shape index (κ1) is 16.5. The predicted octanol–water partition coefficient (Wildman–Crippen LogP) is 1.98. The number of aromatic nitrogens is 4. The monoisotopic (exact) mass is 341 g/mol. The van der Waals surface area contributed by atoms with Crippen LogP contribution in [-0.4, -0.2) is 37.7 Å². The van der Waals surface area contributed by atoms with Crippen LogP contribution >= 0.6 is 0 Å². The maximum atomic E-state index is 12.3. The average Bonchev–Trinajstić information content (AvgIpc) is 3.22. The van der Waals surface area contributed by atoms with Gasteiger partial charge in [0.05, 0.1) is 12.0 Å². The zero-order valence-corrected chi connectivity index (χ0v) is 15.2. The smallest absolute Gasteiger partial charge is 0.256 e. The van der Waals surface area contributed by atoms with Crippen molar-refractivity contribution in [2.75, 3.05) is 13.1 Å². The number of aryl methyl sites for hydroxylation is 2. The molecular weight excluding hydrogens is 314 g/mol. The Morgan fingerprint density at radius 3 is 2.84 bits per heavy atom. The summed E-state index contributed by atoms with van der Waals surface area (Å²) in [6.07, 6.45) is 7.57. The third kappa shape index (κ3) is 3.27. The Hall–Kier alpha value is -1.95. The summed E-state index contributed by atoms with van der Waals surface area (Å²) in [7, 11) is 0. The molecule has 0 bridgehead atoms. The Balaban J connectivity index is 1.34. The second-order valence-corrected chi connectivity index (χ2v) is 7.61.